The van der Waals surface area contributed by atoms with Crippen LogP contribution >= 0.6 is 23.4 Å². The van der Waals surface area contributed by atoms with Crippen LogP contribution in [0.2, 0.25) is 5.02 Å². The van der Waals surface area contributed by atoms with Gasteiger partial charge in [0.05, 0.1) is 36.2 Å². The Balaban J connectivity index is 1.28. The predicted octanol–water partition coefficient (Wildman–Crippen LogP) is 6.52. The van der Waals surface area contributed by atoms with Gasteiger partial charge in [-0.3, -0.25) is 4.98 Å². The number of nitrogens with zero attached hydrogens (tertiary/aromatic N) is 6. The molecule has 47 heavy (non-hydrogen) atoms. The van der Waals surface area contributed by atoms with Gasteiger partial charge in [0.2, 0.25) is 0 Å². The lowest BCUT2D eigenvalue weighted by Gasteiger charge is -2.38. The quantitative estimate of drug-likeness (QED) is 0.0867. The number of hydrogen-bond acceptors (Lipinski definition) is 10. The van der Waals surface area contributed by atoms with Crippen molar-refractivity contribution in [2.24, 2.45) is 0 Å². The normalized spacial score (nSPS) is 19.4. The first-order valence-electron chi connectivity index (χ1n) is 14.4. The highest BCUT2D eigenvalue weighted by atomic mass is 35.5. The van der Waals surface area contributed by atoms with Crippen LogP contribution < -0.4 is 0 Å². The van der Waals surface area contributed by atoms with E-state index in [2.05, 4.69) is 25.3 Å². The summed E-state index contributed by atoms with van der Waals surface area (Å²) >= 11 is 7.71. The first kappa shape index (κ1) is 33.0. The third kappa shape index (κ3) is 7.80. The second kappa shape index (κ2) is 14.9. The number of benzene rings is 2. The second-order valence-electron chi connectivity index (χ2n) is 10.6. The minimum Gasteiger partial charge on any atom is -0.376 e. The van der Waals surface area contributed by atoms with Gasteiger partial charge in [0.25, 0.3) is 0 Å². The molecule has 0 saturated carbocycles. The maximum atomic E-state index is 13.9. The smallest absolute Gasteiger partial charge is 0.194 e. The third-order valence-electron chi connectivity index (χ3n) is 7.34. The average Bonchev–Trinajstić information content (AvgIpc) is 3.56. The van der Waals surface area contributed by atoms with Gasteiger partial charge in [0.1, 0.15) is 29.7 Å². The van der Waals surface area contributed by atoms with Gasteiger partial charge < -0.3 is 18.9 Å². The Morgan fingerprint density at radius 1 is 1.04 bits per heavy atom. The van der Waals surface area contributed by atoms with Crippen molar-refractivity contribution in [3.05, 3.63) is 108 Å². The summed E-state index contributed by atoms with van der Waals surface area (Å²) in [4.78, 5) is 13.5. The van der Waals surface area contributed by atoms with Crippen molar-refractivity contribution in [1.29, 1.82) is 0 Å². The third-order valence-corrected chi connectivity index (χ3v) is 8.76. The van der Waals surface area contributed by atoms with Crippen molar-refractivity contribution in [3.8, 4) is 22.5 Å². The number of rotatable bonds is 11. The van der Waals surface area contributed by atoms with Crippen LogP contribution in [-0.4, -0.2) is 67.4 Å². The SMILES string of the molecule is CO[C@@H](Cn1cc(-c2cc(F)c(F)c(F)c2)nn1)C(OC1COC(c2ccccc2)O[C@@H]1C)Sc1cc(Cl)cnc1-c1cncnc1. The molecule has 10 nitrogen and oxygen atoms in total. The molecule has 0 radical (unpaired) electrons. The summed E-state index contributed by atoms with van der Waals surface area (Å²) in [6.45, 7) is 2.25. The molecule has 2 aromatic carbocycles. The minimum absolute atomic E-state index is 0.0295. The maximum Gasteiger partial charge on any atom is 0.194 e. The monoisotopic (exact) mass is 684 g/mol. The Labute approximate surface area is 277 Å². The molecule has 0 aliphatic carbocycles. The molecule has 1 aliphatic rings. The first-order chi connectivity index (χ1) is 22.8. The number of thioether (sulfide) groups is 1. The zero-order chi connectivity index (χ0) is 32.9. The molecule has 4 heterocycles. The molecule has 3 aromatic heterocycles. The molecule has 0 spiro atoms. The van der Waals surface area contributed by atoms with E-state index < -0.39 is 41.4 Å². The van der Waals surface area contributed by atoms with Gasteiger partial charge in [-0.15, -0.1) is 5.10 Å². The van der Waals surface area contributed by atoms with Gasteiger partial charge in [-0.1, -0.05) is 58.9 Å². The van der Waals surface area contributed by atoms with Crippen molar-refractivity contribution in [2.75, 3.05) is 13.7 Å². The Morgan fingerprint density at radius 2 is 1.79 bits per heavy atom. The van der Waals surface area contributed by atoms with Crippen LogP contribution in [-0.2, 0) is 25.5 Å². The van der Waals surface area contributed by atoms with E-state index in [1.54, 1.807) is 18.5 Å². The standard InChI is InChI=1S/C32H28ClF3N6O4S/c1-18-27(16-44-31(45-18)19-6-4-3-5-7-19)46-32(47-28-10-22(33)13-39-30(28)21-11-37-17-38-12-21)26(43-2)15-42-14-25(40-41-42)20-8-23(34)29(36)24(35)9-20/h3-14,17-18,26-27,31-32H,15-16H2,1-2H3/t18-,26+,27?,31?,32?/m1/s1. The maximum absolute atomic E-state index is 13.9. The molecular formula is C32H28ClF3N6O4S. The molecule has 1 aliphatic heterocycles. The highest BCUT2D eigenvalue weighted by Crippen LogP contribution is 2.38. The molecule has 6 rings (SSSR count). The van der Waals surface area contributed by atoms with Gasteiger partial charge in [-0.05, 0) is 25.1 Å². The van der Waals surface area contributed by atoms with Gasteiger partial charge in [0, 0.05) is 47.3 Å². The summed E-state index contributed by atoms with van der Waals surface area (Å²) in [7, 11) is 1.52. The van der Waals surface area contributed by atoms with Gasteiger partial charge in [-0.25, -0.2) is 27.8 Å². The summed E-state index contributed by atoms with van der Waals surface area (Å²) in [6.07, 6.45) is 5.63. The van der Waals surface area contributed by atoms with Crippen molar-refractivity contribution in [2.45, 2.75) is 48.4 Å². The predicted molar refractivity (Wildman–Crippen MR) is 167 cm³/mol. The van der Waals surface area contributed by atoms with E-state index in [9.17, 15) is 13.2 Å². The van der Waals surface area contributed by atoms with Gasteiger partial charge in [0.15, 0.2) is 23.7 Å². The van der Waals surface area contributed by atoms with E-state index >= 15 is 0 Å². The lowest BCUT2D eigenvalue weighted by Crippen LogP contribution is -2.45. The summed E-state index contributed by atoms with van der Waals surface area (Å²) in [5.74, 6) is -4.22. The minimum atomic E-state index is -1.56. The van der Waals surface area contributed by atoms with E-state index in [0.717, 1.165) is 17.7 Å². The Kier molecular flexibility index (Phi) is 10.4. The number of methoxy groups -OCH3 is 1. The van der Waals surface area contributed by atoms with E-state index in [4.69, 9.17) is 30.5 Å². The number of halogens is 4. The first-order valence-corrected chi connectivity index (χ1v) is 15.7. The number of hydrogen-bond donors (Lipinski definition) is 0. The lowest BCUT2D eigenvalue weighted by atomic mass is 10.1. The lowest BCUT2D eigenvalue weighted by molar-refractivity contribution is -0.267. The average molecular weight is 685 g/mol. The fourth-order valence-corrected chi connectivity index (χ4v) is 6.39. The molecule has 5 atom stereocenters. The molecule has 3 unspecified atom stereocenters. The largest absolute Gasteiger partial charge is 0.376 e. The number of pyridine rings is 1. The van der Waals surface area contributed by atoms with Crippen molar-refractivity contribution in [1.82, 2.24) is 29.9 Å². The number of aromatic nitrogens is 6. The molecule has 15 heteroatoms. The second-order valence-corrected chi connectivity index (χ2v) is 12.1. The Morgan fingerprint density at radius 3 is 2.49 bits per heavy atom. The highest BCUT2D eigenvalue weighted by Gasteiger charge is 2.36. The van der Waals surface area contributed by atoms with Gasteiger partial charge in [-0.2, -0.15) is 0 Å². The summed E-state index contributed by atoms with van der Waals surface area (Å²) in [5, 5.41) is 8.56. The highest BCUT2D eigenvalue weighted by molar-refractivity contribution is 8.00. The van der Waals surface area contributed by atoms with E-state index in [1.807, 2.05) is 37.3 Å². The van der Waals surface area contributed by atoms with Crippen LogP contribution in [0.5, 0.6) is 0 Å². The zero-order valence-electron chi connectivity index (χ0n) is 25.0. The fourth-order valence-electron chi connectivity index (χ4n) is 4.89. The molecule has 1 fully saturated rings. The zero-order valence-corrected chi connectivity index (χ0v) is 26.6. The van der Waals surface area contributed by atoms with E-state index in [-0.39, 0.29) is 30.5 Å². The van der Waals surface area contributed by atoms with Crippen LogP contribution in [0.4, 0.5) is 13.2 Å². The van der Waals surface area contributed by atoms with E-state index in [1.165, 1.54) is 42.3 Å². The fraction of sp³-hybridized carbons (Fsp3) is 0.281. The molecule has 0 N–H and O–H groups in total. The number of ether oxygens (including phenoxy) is 4. The topological polar surface area (TPSA) is 106 Å². The van der Waals surface area contributed by atoms with Crippen molar-refractivity contribution >= 4 is 23.4 Å². The van der Waals surface area contributed by atoms with Crippen LogP contribution in [0.25, 0.3) is 22.5 Å². The summed E-state index contributed by atoms with van der Waals surface area (Å²) < 4.78 is 67.7. The molecular weight excluding hydrogens is 657 g/mol. The van der Waals surface area contributed by atoms with Gasteiger partial charge >= 0.3 is 0 Å². The molecule has 1 saturated heterocycles. The molecule has 244 valence electrons. The molecule has 5 aromatic rings. The van der Waals surface area contributed by atoms with Crippen LogP contribution in [0.15, 0.2) is 84.5 Å². The van der Waals surface area contributed by atoms with Crippen LogP contribution in [0.1, 0.15) is 18.8 Å². The Bertz CT molecular complexity index is 1790. The summed E-state index contributed by atoms with van der Waals surface area (Å²) in [5.41, 5.74) is 1.60. The molecule has 0 amide bonds. The van der Waals surface area contributed by atoms with E-state index in [0.29, 0.717) is 21.2 Å². The molecule has 0 bridgehead atoms. The van der Waals surface area contributed by atoms with Crippen LogP contribution in [0.3, 0.4) is 0 Å². The van der Waals surface area contributed by atoms with Crippen molar-refractivity contribution < 1.29 is 32.1 Å². The van der Waals surface area contributed by atoms with Crippen LogP contribution in [0, 0.1) is 17.5 Å². The Hall–Kier alpha value is -3.92. The summed E-state index contributed by atoms with van der Waals surface area (Å²) in [6, 6.07) is 13.1. The van der Waals surface area contributed by atoms with Crippen molar-refractivity contribution in [3.63, 3.8) is 0 Å².